The van der Waals surface area contributed by atoms with Gasteiger partial charge in [0.15, 0.2) is 24.8 Å². The van der Waals surface area contributed by atoms with E-state index in [-0.39, 0.29) is 5.66 Å². The molecule has 0 atom stereocenters. The van der Waals surface area contributed by atoms with Crippen molar-refractivity contribution in [2.75, 3.05) is 0 Å². The molecule has 0 unspecified atom stereocenters. The summed E-state index contributed by atoms with van der Waals surface area (Å²) in [6.07, 6.45) is 9.00. The van der Waals surface area contributed by atoms with E-state index in [2.05, 4.69) is 193 Å². The lowest BCUT2D eigenvalue weighted by atomic mass is 9.98. The molecule has 7 nitrogen and oxygen atoms in total. The van der Waals surface area contributed by atoms with Crippen LogP contribution in [0.4, 0.5) is 0 Å². The van der Waals surface area contributed by atoms with Crippen molar-refractivity contribution in [1.29, 1.82) is 0 Å². The number of aromatic nitrogens is 7. The van der Waals surface area contributed by atoms with E-state index < -0.39 is 5.91 Å². The average Bonchev–Trinajstić information content (AvgIpc) is 3.79. The summed E-state index contributed by atoms with van der Waals surface area (Å²) in [6.45, 7) is 4.59. The van der Waals surface area contributed by atoms with Crippen LogP contribution >= 0.6 is 0 Å². The molecule has 0 bridgehead atoms. The van der Waals surface area contributed by atoms with Crippen molar-refractivity contribution in [1.82, 2.24) is 4.98 Å². The number of hydrogen-bond acceptors (Lipinski definition) is 1. The van der Waals surface area contributed by atoms with E-state index in [1.807, 2.05) is 0 Å². The lowest BCUT2D eigenvalue weighted by Crippen LogP contribution is -2.94. The predicted octanol–water partition coefficient (Wildman–Crippen LogP) is 6.09. The van der Waals surface area contributed by atoms with Gasteiger partial charge in [-0.1, -0.05) is 24.3 Å². The van der Waals surface area contributed by atoms with E-state index in [9.17, 15) is 0 Å². The Hall–Kier alpha value is -6.99. The van der Waals surface area contributed by atoms with Gasteiger partial charge >= 0.3 is 22.6 Å². The smallest absolute Gasteiger partial charge is 0.246 e. The molecule has 0 saturated carbocycles. The Morgan fingerprint density at radius 2 is 0.833 bits per heavy atom. The SMILES string of the molecule is CC1(C)[n+]2cccc3c4cc5c6ccc[n+]7c6c6c(ccc[n+]6C76[n+]7c(ccc8ccccc87)-c7ccc8ccccc8[n+]76)c5nc4c4ccc[n+]1c4c32. The minimum atomic E-state index is -0.826. The second-order valence-electron chi connectivity index (χ2n) is 15.7. The molecular weight excluding hydrogens is 663 g/mol. The highest BCUT2D eigenvalue weighted by atomic mass is 15.6. The number of rotatable bonds is 0. The standard InChI is InChI=1S/C47H31N7/c1-46(2)49-23-7-13-30-34-27-35-31-14-8-25-51-43(31)45-33(41(35)48-40(34)32-15-9-24-50(46)44(32)42(30)49)16-10-26-52(45)47(51)53-36-17-5-3-11-28(36)19-21-38(53)39-22-20-29-12-4-6-18-37(29)54(39)47/h3-27H,1-2H3/q+6. The van der Waals surface area contributed by atoms with Gasteiger partial charge in [-0.05, 0) is 54.6 Å². The van der Waals surface area contributed by atoms with Crippen LogP contribution in [0.25, 0.3) is 98.6 Å². The van der Waals surface area contributed by atoms with Gasteiger partial charge in [0, 0.05) is 88.3 Å². The van der Waals surface area contributed by atoms with E-state index in [0.717, 1.165) is 21.8 Å². The lowest BCUT2D eigenvalue weighted by molar-refractivity contribution is -1.28. The molecule has 0 radical (unpaired) electrons. The normalized spacial score (nSPS) is 15.5. The zero-order valence-corrected chi connectivity index (χ0v) is 29.6. The van der Waals surface area contributed by atoms with Crippen LogP contribution in [0, 0.1) is 0 Å². The molecule has 3 aliphatic rings. The van der Waals surface area contributed by atoms with Gasteiger partial charge in [-0.2, -0.15) is 0 Å². The fraction of sp³-hybridized carbons (Fsp3) is 0.0851. The van der Waals surface area contributed by atoms with Gasteiger partial charge < -0.3 is 0 Å². The highest BCUT2D eigenvalue weighted by molar-refractivity contribution is 6.27. The number of benzene rings is 4. The van der Waals surface area contributed by atoms with Crippen molar-refractivity contribution in [3.05, 3.63) is 152 Å². The highest BCUT2D eigenvalue weighted by Gasteiger charge is 2.82. The molecule has 0 aliphatic carbocycles. The highest BCUT2D eigenvalue weighted by Crippen LogP contribution is 2.41. The fourth-order valence-electron chi connectivity index (χ4n) is 10.8. The van der Waals surface area contributed by atoms with Gasteiger partial charge in [-0.15, -0.1) is 9.13 Å². The quantitative estimate of drug-likeness (QED) is 0.108. The van der Waals surface area contributed by atoms with Gasteiger partial charge in [0.05, 0.1) is 46.4 Å². The predicted molar refractivity (Wildman–Crippen MR) is 206 cm³/mol. The van der Waals surface area contributed by atoms with Crippen LogP contribution in [0.2, 0.25) is 0 Å². The van der Waals surface area contributed by atoms with Crippen molar-refractivity contribution in [3.63, 3.8) is 0 Å². The van der Waals surface area contributed by atoms with Crippen LogP contribution in [-0.2, 0) is 11.6 Å². The third kappa shape index (κ3) is 2.78. The summed E-state index contributed by atoms with van der Waals surface area (Å²) in [6, 6.07) is 47.1. The summed E-state index contributed by atoms with van der Waals surface area (Å²) < 4.78 is 15.0. The van der Waals surface area contributed by atoms with Crippen LogP contribution in [-0.4, -0.2) is 4.98 Å². The minimum Gasteiger partial charge on any atom is -0.246 e. The first kappa shape index (κ1) is 27.6. The third-order valence-electron chi connectivity index (χ3n) is 12.9. The number of fused-ring (bicyclic) bond motifs is 17. The summed E-state index contributed by atoms with van der Waals surface area (Å²) in [7, 11) is 0. The van der Waals surface area contributed by atoms with E-state index in [1.54, 1.807) is 0 Å². The third-order valence-corrected chi connectivity index (χ3v) is 12.9. The first-order chi connectivity index (χ1) is 26.6. The van der Waals surface area contributed by atoms with Crippen LogP contribution in [0.5, 0.6) is 0 Å². The molecule has 0 saturated heterocycles. The molecule has 7 heteroatoms. The minimum absolute atomic E-state index is 0.235. The van der Waals surface area contributed by atoms with E-state index in [0.29, 0.717) is 0 Å². The Morgan fingerprint density at radius 3 is 1.37 bits per heavy atom. The van der Waals surface area contributed by atoms with Crippen LogP contribution in [0.15, 0.2) is 152 Å². The number of para-hydroxylation sites is 2. The Balaban J connectivity index is 1.23. The summed E-state index contributed by atoms with van der Waals surface area (Å²) in [5.41, 5.74) is 11.4. The van der Waals surface area contributed by atoms with E-state index in [4.69, 9.17) is 4.98 Å². The summed E-state index contributed by atoms with van der Waals surface area (Å²) in [5.74, 6) is -0.826. The fourth-order valence-corrected chi connectivity index (χ4v) is 10.8. The average molecular weight is 694 g/mol. The zero-order valence-electron chi connectivity index (χ0n) is 29.6. The molecule has 248 valence electrons. The van der Waals surface area contributed by atoms with Crippen molar-refractivity contribution in [3.8, 4) is 11.4 Å². The van der Waals surface area contributed by atoms with Gasteiger partial charge in [-0.25, -0.2) is 4.98 Å². The van der Waals surface area contributed by atoms with Gasteiger partial charge in [0.1, 0.15) is 0 Å². The maximum absolute atomic E-state index is 5.76. The summed E-state index contributed by atoms with van der Waals surface area (Å²) >= 11 is 0. The first-order valence-electron chi connectivity index (χ1n) is 18.7. The molecule has 4 aromatic carbocycles. The van der Waals surface area contributed by atoms with Crippen molar-refractivity contribution in [2.24, 2.45) is 0 Å². The number of nitrogens with zero attached hydrogens (tertiary/aromatic N) is 7. The van der Waals surface area contributed by atoms with Gasteiger partial charge in [-0.3, -0.25) is 0 Å². The second-order valence-corrected chi connectivity index (χ2v) is 15.7. The van der Waals surface area contributed by atoms with Crippen LogP contribution in [0.1, 0.15) is 13.8 Å². The largest absolute Gasteiger partial charge is 0.771 e. The molecule has 10 heterocycles. The van der Waals surface area contributed by atoms with Crippen molar-refractivity contribution >= 4 is 87.2 Å². The van der Waals surface area contributed by atoms with Gasteiger partial charge in [0.25, 0.3) is 22.4 Å². The molecule has 14 rings (SSSR count). The second kappa shape index (κ2) is 8.78. The van der Waals surface area contributed by atoms with Crippen molar-refractivity contribution in [2.45, 2.75) is 25.4 Å². The molecule has 0 N–H and O–H groups in total. The molecule has 11 aromatic rings. The molecule has 1 spiro atoms. The molecule has 0 fully saturated rings. The van der Waals surface area contributed by atoms with Gasteiger partial charge in [0.2, 0.25) is 11.0 Å². The molecule has 3 aliphatic heterocycles. The number of hydrogen-bond donors (Lipinski definition) is 0. The van der Waals surface area contributed by atoms with Crippen LogP contribution in [0.3, 0.4) is 0 Å². The lowest BCUT2D eigenvalue weighted by Gasteiger charge is -2.08. The Morgan fingerprint density at radius 1 is 0.407 bits per heavy atom. The summed E-state index contributed by atoms with van der Waals surface area (Å²) in [4.78, 5) is 5.76. The molecule has 54 heavy (non-hydrogen) atoms. The summed E-state index contributed by atoms with van der Waals surface area (Å²) in [5, 5.41) is 9.49. The topological polar surface area (TPSA) is 36.2 Å². The van der Waals surface area contributed by atoms with E-state index >= 15 is 0 Å². The maximum Gasteiger partial charge on any atom is 0.771 e. The Bertz CT molecular complexity index is 3420. The molecule has 0 amide bonds. The monoisotopic (exact) mass is 693 g/mol. The van der Waals surface area contributed by atoms with Crippen molar-refractivity contribution < 1.29 is 27.4 Å². The van der Waals surface area contributed by atoms with Crippen LogP contribution < -0.4 is 27.4 Å². The Kier molecular flexibility index (Phi) is 4.50. The molecular formula is C47H31N7+6. The zero-order chi connectivity index (χ0) is 35.2. The van der Waals surface area contributed by atoms with E-state index in [1.165, 1.54) is 76.8 Å². The first-order valence-corrected chi connectivity index (χ1v) is 18.7. The Labute approximate surface area is 307 Å². The maximum atomic E-state index is 5.76. The molecule has 7 aromatic heterocycles. The number of pyridine rings is 7.